The lowest BCUT2D eigenvalue weighted by Gasteiger charge is -2.12. The highest BCUT2D eigenvalue weighted by Crippen LogP contribution is 2.30. The van der Waals surface area contributed by atoms with Crippen molar-refractivity contribution in [3.63, 3.8) is 0 Å². The molecule has 0 spiro atoms. The van der Waals surface area contributed by atoms with Gasteiger partial charge in [0, 0.05) is 5.69 Å². The molecule has 4 amide bonds. The van der Waals surface area contributed by atoms with Crippen molar-refractivity contribution in [1.29, 1.82) is 0 Å². The summed E-state index contributed by atoms with van der Waals surface area (Å²) in [6, 6.07) is 10.4. The lowest BCUT2D eigenvalue weighted by Crippen LogP contribution is -2.38. The monoisotopic (exact) mass is 403 g/mol. The molecule has 0 radical (unpaired) electrons. The van der Waals surface area contributed by atoms with Crippen molar-refractivity contribution in [2.75, 3.05) is 11.9 Å². The predicted octanol–water partition coefficient (Wildman–Crippen LogP) is 3.55. The normalized spacial score (nSPS) is 15.6. The van der Waals surface area contributed by atoms with Crippen molar-refractivity contribution in [3.05, 3.63) is 70.9 Å². The summed E-state index contributed by atoms with van der Waals surface area (Å²) in [4.78, 5) is 37.3. The molecule has 9 heteroatoms. The molecule has 1 fully saturated rings. The first-order chi connectivity index (χ1) is 13.6. The van der Waals surface area contributed by atoms with E-state index in [-0.39, 0.29) is 11.3 Å². The Morgan fingerprint density at radius 2 is 1.83 bits per heavy atom. The Morgan fingerprint density at radius 3 is 2.48 bits per heavy atom. The molecule has 29 heavy (non-hydrogen) atoms. The summed E-state index contributed by atoms with van der Waals surface area (Å²) in [5, 5.41) is 4.84. The van der Waals surface area contributed by atoms with Crippen LogP contribution in [0, 0.1) is 6.92 Å². The van der Waals surface area contributed by atoms with Gasteiger partial charge in [0.15, 0.2) is 0 Å². The number of carbonyl (C=O) groups is 3. The largest absolute Gasteiger partial charge is 0.416 e. The molecule has 0 atom stereocenters. The number of imide groups is 1. The predicted molar refractivity (Wildman–Crippen MR) is 99.5 cm³/mol. The number of hydrogen-bond acceptors (Lipinski definition) is 3. The zero-order valence-corrected chi connectivity index (χ0v) is 15.2. The summed E-state index contributed by atoms with van der Waals surface area (Å²) in [5.41, 5.74) is 0.513. The summed E-state index contributed by atoms with van der Waals surface area (Å²) >= 11 is 0. The zero-order valence-electron chi connectivity index (χ0n) is 15.2. The van der Waals surface area contributed by atoms with E-state index in [1.807, 2.05) is 6.92 Å². The van der Waals surface area contributed by atoms with Gasteiger partial charge in [-0.2, -0.15) is 13.2 Å². The third-order valence-electron chi connectivity index (χ3n) is 4.12. The number of nitrogens with zero attached hydrogens (tertiary/aromatic N) is 1. The average molecular weight is 403 g/mol. The number of halogens is 3. The molecule has 0 unspecified atom stereocenters. The molecule has 3 rings (SSSR count). The van der Waals surface area contributed by atoms with E-state index in [0.29, 0.717) is 10.6 Å². The van der Waals surface area contributed by atoms with Crippen LogP contribution in [0.2, 0.25) is 0 Å². The fourth-order valence-electron chi connectivity index (χ4n) is 2.67. The van der Waals surface area contributed by atoms with E-state index < -0.39 is 36.1 Å². The van der Waals surface area contributed by atoms with Crippen LogP contribution < -0.4 is 10.6 Å². The second-order valence-electron chi connectivity index (χ2n) is 6.42. The SMILES string of the molecule is Cc1ccc(NC(=O)CN2C(=O)N/C(=C\c3cccc(C(F)(F)F)c3)C2=O)cc1. The fourth-order valence-corrected chi connectivity index (χ4v) is 2.67. The molecule has 1 aliphatic rings. The van der Waals surface area contributed by atoms with Gasteiger partial charge < -0.3 is 10.6 Å². The molecule has 0 bridgehead atoms. The van der Waals surface area contributed by atoms with Gasteiger partial charge in [0.05, 0.1) is 5.56 Å². The fraction of sp³-hybridized carbons (Fsp3) is 0.150. The van der Waals surface area contributed by atoms with E-state index >= 15 is 0 Å². The smallest absolute Gasteiger partial charge is 0.325 e. The highest BCUT2D eigenvalue weighted by atomic mass is 19.4. The lowest BCUT2D eigenvalue weighted by atomic mass is 10.1. The van der Waals surface area contributed by atoms with Gasteiger partial charge in [-0.15, -0.1) is 0 Å². The van der Waals surface area contributed by atoms with Crippen molar-refractivity contribution >= 4 is 29.6 Å². The molecule has 2 N–H and O–H groups in total. The van der Waals surface area contributed by atoms with E-state index in [9.17, 15) is 27.6 Å². The minimum Gasteiger partial charge on any atom is -0.325 e. The van der Waals surface area contributed by atoms with Crippen molar-refractivity contribution < 1.29 is 27.6 Å². The molecule has 0 saturated carbocycles. The number of amides is 4. The van der Waals surface area contributed by atoms with Crippen LogP contribution in [-0.2, 0) is 15.8 Å². The van der Waals surface area contributed by atoms with Crippen molar-refractivity contribution in [3.8, 4) is 0 Å². The molecule has 150 valence electrons. The number of carbonyl (C=O) groups excluding carboxylic acids is 3. The van der Waals surface area contributed by atoms with Gasteiger partial charge in [0.2, 0.25) is 5.91 Å². The zero-order chi connectivity index (χ0) is 21.2. The molecule has 0 aliphatic carbocycles. The van der Waals surface area contributed by atoms with Gasteiger partial charge in [-0.05, 0) is 42.8 Å². The van der Waals surface area contributed by atoms with Gasteiger partial charge in [-0.3, -0.25) is 9.59 Å². The van der Waals surface area contributed by atoms with Gasteiger partial charge in [0.1, 0.15) is 12.2 Å². The molecular weight excluding hydrogens is 387 g/mol. The Hall–Kier alpha value is -3.62. The van der Waals surface area contributed by atoms with Crippen LogP contribution >= 0.6 is 0 Å². The summed E-state index contributed by atoms with van der Waals surface area (Å²) in [5.74, 6) is -1.39. The minimum atomic E-state index is -4.53. The van der Waals surface area contributed by atoms with Gasteiger partial charge in [0.25, 0.3) is 5.91 Å². The Kier molecular flexibility index (Phi) is 5.40. The molecule has 1 aliphatic heterocycles. The number of rotatable bonds is 4. The van der Waals surface area contributed by atoms with Gasteiger partial charge in [-0.1, -0.05) is 29.8 Å². The third-order valence-corrected chi connectivity index (χ3v) is 4.12. The van der Waals surface area contributed by atoms with E-state index in [0.717, 1.165) is 23.8 Å². The van der Waals surface area contributed by atoms with Crippen LogP contribution in [0.4, 0.5) is 23.7 Å². The van der Waals surface area contributed by atoms with Crippen LogP contribution in [0.3, 0.4) is 0 Å². The molecule has 6 nitrogen and oxygen atoms in total. The van der Waals surface area contributed by atoms with Crippen LogP contribution in [0.25, 0.3) is 6.08 Å². The average Bonchev–Trinajstić information content (AvgIpc) is 2.90. The first kappa shape index (κ1) is 20.1. The lowest BCUT2D eigenvalue weighted by molar-refractivity contribution is -0.137. The minimum absolute atomic E-state index is 0.0921. The second kappa shape index (κ2) is 7.78. The number of nitrogens with one attached hydrogen (secondary N) is 2. The first-order valence-corrected chi connectivity index (χ1v) is 8.52. The van der Waals surface area contributed by atoms with Crippen LogP contribution in [0.15, 0.2) is 54.2 Å². The number of alkyl halides is 3. The van der Waals surface area contributed by atoms with E-state index in [4.69, 9.17) is 0 Å². The number of anilines is 1. The Labute approximate surface area is 164 Å². The summed E-state index contributed by atoms with van der Waals surface area (Å²) in [6.07, 6.45) is -3.40. The highest BCUT2D eigenvalue weighted by Gasteiger charge is 2.35. The summed E-state index contributed by atoms with van der Waals surface area (Å²) in [7, 11) is 0. The van der Waals surface area contributed by atoms with Crippen molar-refractivity contribution in [1.82, 2.24) is 10.2 Å². The maximum absolute atomic E-state index is 12.8. The Morgan fingerprint density at radius 1 is 1.14 bits per heavy atom. The highest BCUT2D eigenvalue weighted by molar-refractivity contribution is 6.15. The molecule has 2 aromatic carbocycles. The molecular formula is C20H16F3N3O3. The van der Waals surface area contributed by atoms with E-state index in [1.165, 1.54) is 12.1 Å². The van der Waals surface area contributed by atoms with Crippen molar-refractivity contribution in [2.45, 2.75) is 13.1 Å². The topological polar surface area (TPSA) is 78.5 Å². The summed E-state index contributed by atoms with van der Waals surface area (Å²) < 4.78 is 38.4. The van der Waals surface area contributed by atoms with Crippen molar-refractivity contribution in [2.24, 2.45) is 0 Å². The molecule has 1 saturated heterocycles. The number of hydrogen-bond donors (Lipinski definition) is 2. The number of urea groups is 1. The Balaban J connectivity index is 1.71. The molecule has 1 heterocycles. The van der Waals surface area contributed by atoms with E-state index in [2.05, 4.69) is 10.6 Å². The standard InChI is InChI=1S/C20H16F3N3O3/c1-12-5-7-15(8-6-12)24-17(27)11-26-18(28)16(25-19(26)29)10-13-3-2-4-14(9-13)20(21,22)23/h2-10H,11H2,1H3,(H,24,27)(H,25,29)/b16-10-. The maximum atomic E-state index is 12.8. The number of aryl methyl sites for hydroxylation is 1. The third kappa shape index (κ3) is 4.81. The van der Waals surface area contributed by atoms with Gasteiger partial charge >= 0.3 is 12.2 Å². The van der Waals surface area contributed by atoms with E-state index in [1.54, 1.807) is 24.3 Å². The first-order valence-electron chi connectivity index (χ1n) is 8.52. The van der Waals surface area contributed by atoms with Crippen LogP contribution in [0.5, 0.6) is 0 Å². The molecule has 0 aromatic heterocycles. The maximum Gasteiger partial charge on any atom is 0.416 e. The second-order valence-corrected chi connectivity index (χ2v) is 6.42. The van der Waals surface area contributed by atoms with Crippen LogP contribution in [-0.4, -0.2) is 29.3 Å². The number of benzene rings is 2. The summed E-state index contributed by atoms with van der Waals surface area (Å²) in [6.45, 7) is 1.36. The quantitative estimate of drug-likeness (QED) is 0.606. The molecule has 2 aromatic rings. The Bertz CT molecular complexity index is 998. The van der Waals surface area contributed by atoms with Gasteiger partial charge in [-0.25, -0.2) is 9.69 Å². The van der Waals surface area contributed by atoms with Crippen LogP contribution in [0.1, 0.15) is 16.7 Å².